The molecule has 0 bridgehead atoms. The number of anilines is 1. The summed E-state index contributed by atoms with van der Waals surface area (Å²) in [6.07, 6.45) is 0.614. The fraction of sp³-hybridized carbons (Fsp3) is 0.393. The van der Waals surface area contributed by atoms with E-state index in [1.54, 1.807) is 29.2 Å². The standard InChI is InChI=1S/C28H35N5O3S/c1-5-23(4)33(37(35,36)25-12-8-22(3)9-13-25)20-28(34)32-18-16-31(17-19-32)27-15-14-26(29-30-27)24-10-6-21(2)7-11-24/h6-15,23H,5,16-20H2,1-4H3/t23-/m1/s1. The number of nitrogens with zero attached hydrogens (tertiary/aromatic N) is 5. The maximum absolute atomic E-state index is 13.4. The summed E-state index contributed by atoms with van der Waals surface area (Å²) in [5.74, 6) is 0.586. The lowest BCUT2D eigenvalue weighted by atomic mass is 10.1. The lowest BCUT2D eigenvalue weighted by molar-refractivity contribution is -0.132. The van der Waals surface area contributed by atoms with Crippen molar-refractivity contribution in [3.8, 4) is 11.3 Å². The molecule has 1 atom stereocenters. The van der Waals surface area contributed by atoms with Gasteiger partial charge in [0.1, 0.15) is 0 Å². The van der Waals surface area contributed by atoms with Crippen molar-refractivity contribution in [2.75, 3.05) is 37.6 Å². The summed E-state index contributed by atoms with van der Waals surface area (Å²) in [5, 5.41) is 8.80. The zero-order chi connectivity index (χ0) is 26.6. The minimum atomic E-state index is -3.79. The molecule has 1 aliphatic rings. The number of piperazine rings is 1. The second-order valence-corrected chi connectivity index (χ2v) is 11.5. The molecule has 2 aromatic carbocycles. The van der Waals surface area contributed by atoms with Gasteiger partial charge in [-0.25, -0.2) is 8.42 Å². The summed E-state index contributed by atoms with van der Waals surface area (Å²) in [4.78, 5) is 17.3. The van der Waals surface area contributed by atoms with Crippen LogP contribution in [0.15, 0.2) is 65.6 Å². The molecule has 9 heteroatoms. The van der Waals surface area contributed by atoms with Gasteiger partial charge in [-0.1, -0.05) is 54.4 Å². The fourth-order valence-corrected chi connectivity index (χ4v) is 5.97. The molecule has 0 N–H and O–H groups in total. The molecular weight excluding hydrogens is 486 g/mol. The predicted octanol–water partition coefficient (Wildman–Crippen LogP) is 3.90. The molecular formula is C28H35N5O3S. The van der Waals surface area contributed by atoms with Gasteiger partial charge in [0.25, 0.3) is 0 Å². The van der Waals surface area contributed by atoms with Crippen molar-refractivity contribution < 1.29 is 13.2 Å². The number of carbonyl (C=O) groups excluding carboxylic acids is 1. The van der Waals surface area contributed by atoms with Crippen LogP contribution in [0.2, 0.25) is 0 Å². The zero-order valence-corrected chi connectivity index (χ0v) is 22.8. The highest BCUT2D eigenvalue weighted by atomic mass is 32.2. The van der Waals surface area contributed by atoms with Crippen LogP contribution >= 0.6 is 0 Å². The Morgan fingerprint density at radius 2 is 1.49 bits per heavy atom. The minimum Gasteiger partial charge on any atom is -0.352 e. The Balaban J connectivity index is 1.39. The van der Waals surface area contributed by atoms with Gasteiger partial charge in [-0.2, -0.15) is 4.31 Å². The van der Waals surface area contributed by atoms with Crippen LogP contribution in [0, 0.1) is 13.8 Å². The van der Waals surface area contributed by atoms with Crippen molar-refractivity contribution in [3.05, 3.63) is 71.8 Å². The van der Waals surface area contributed by atoms with Crippen molar-refractivity contribution >= 4 is 21.7 Å². The van der Waals surface area contributed by atoms with E-state index in [0.717, 1.165) is 22.6 Å². The first-order chi connectivity index (χ1) is 17.7. The molecule has 1 amide bonds. The smallest absolute Gasteiger partial charge is 0.243 e. The fourth-order valence-electron chi connectivity index (χ4n) is 4.32. The Hall–Kier alpha value is -3.30. The molecule has 1 saturated heterocycles. The minimum absolute atomic E-state index is 0.170. The van der Waals surface area contributed by atoms with Crippen molar-refractivity contribution in [1.29, 1.82) is 0 Å². The summed E-state index contributed by atoms with van der Waals surface area (Å²) in [5.41, 5.74) is 4.02. The van der Waals surface area contributed by atoms with Crippen molar-refractivity contribution in [1.82, 2.24) is 19.4 Å². The number of carbonyl (C=O) groups is 1. The van der Waals surface area contributed by atoms with E-state index in [1.807, 2.05) is 52.0 Å². The predicted molar refractivity (Wildman–Crippen MR) is 146 cm³/mol. The summed E-state index contributed by atoms with van der Waals surface area (Å²) in [6.45, 7) is 9.78. The van der Waals surface area contributed by atoms with E-state index in [-0.39, 0.29) is 23.4 Å². The largest absolute Gasteiger partial charge is 0.352 e. The number of rotatable bonds is 8. The number of hydrogen-bond acceptors (Lipinski definition) is 6. The first-order valence-electron chi connectivity index (χ1n) is 12.7. The van der Waals surface area contributed by atoms with Gasteiger partial charge in [0, 0.05) is 37.8 Å². The monoisotopic (exact) mass is 521 g/mol. The first kappa shape index (κ1) is 26.8. The van der Waals surface area contributed by atoms with Crippen molar-refractivity contribution in [2.24, 2.45) is 0 Å². The van der Waals surface area contributed by atoms with Gasteiger partial charge in [-0.05, 0) is 51.5 Å². The highest BCUT2D eigenvalue weighted by Crippen LogP contribution is 2.22. The maximum Gasteiger partial charge on any atom is 0.243 e. The Labute approximate surface area is 220 Å². The molecule has 37 heavy (non-hydrogen) atoms. The third-order valence-corrected chi connectivity index (χ3v) is 8.93. The zero-order valence-electron chi connectivity index (χ0n) is 22.0. The van der Waals surface area contributed by atoms with E-state index in [2.05, 4.69) is 27.2 Å². The van der Waals surface area contributed by atoms with Gasteiger partial charge >= 0.3 is 0 Å². The molecule has 2 heterocycles. The second-order valence-electron chi connectivity index (χ2n) is 9.63. The lowest BCUT2D eigenvalue weighted by Crippen LogP contribution is -2.53. The van der Waals surface area contributed by atoms with Gasteiger partial charge in [0.15, 0.2) is 5.82 Å². The van der Waals surface area contributed by atoms with E-state index in [9.17, 15) is 13.2 Å². The van der Waals surface area contributed by atoms with E-state index in [1.165, 1.54) is 9.87 Å². The topological polar surface area (TPSA) is 86.7 Å². The quantitative estimate of drug-likeness (QED) is 0.447. The molecule has 1 aliphatic heterocycles. The van der Waals surface area contributed by atoms with Crippen molar-refractivity contribution in [3.63, 3.8) is 0 Å². The number of sulfonamides is 1. The van der Waals surface area contributed by atoms with Gasteiger partial charge in [-0.15, -0.1) is 10.2 Å². The van der Waals surface area contributed by atoms with Crippen LogP contribution in [0.25, 0.3) is 11.3 Å². The summed E-state index contributed by atoms with van der Waals surface area (Å²) in [6, 6.07) is 18.6. The van der Waals surface area contributed by atoms with E-state index < -0.39 is 10.0 Å². The number of hydrogen-bond donors (Lipinski definition) is 0. The van der Waals surface area contributed by atoms with Crippen LogP contribution in [0.5, 0.6) is 0 Å². The molecule has 3 aromatic rings. The van der Waals surface area contributed by atoms with Gasteiger partial charge in [0.05, 0.1) is 17.1 Å². The lowest BCUT2D eigenvalue weighted by Gasteiger charge is -2.36. The molecule has 0 unspecified atom stereocenters. The maximum atomic E-state index is 13.4. The van der Waals surface area contributed by atoms with Gasteiger partial charge in [-0.3, -0.25) is 4.79 Å². The summed E-state index contributed by atoms with van der Waals surface area (Å²) >= 11 is 0. The Bertz CT molecular complexity index is 1300. The summed E-state index contributed by atoms with van der Waals surface area (Å²) < 4.78 is 28.1. The first-order valence-corrected chi connectivity index (χ1v) is 14.1. The summed E-state index contributed by atoms with van der Waals surface area (Å²) in [7, 11) is -3.79. The molecule has 196 valence electrons. The van der Waals surface area contributed by atoms with Gasteiger partial charge in [0.2, 0.25) is 15.9 Å². The van der Waals surface area contributed by atoms with Crippen LogP contribution in [0.3, 0.4) is 0 Å². The Morgan fingerprint density at radius 1 is 0.892 bits per heavy atom. The van der Waals surface area contributed by atoms with Gasteiger partial charge < -0.3 is 9.80 Å². The third-order valence-electron chi connectivity index (χ3n) is 6.96. The van der Waals surface area contributed by atoms with E-state index in [0.29, 0.717) is 32.6 Å². The highest BCUT2D eigenvalue weighted by molar-refractivity contribution is 7.89. The van der Waals surface area contributed by atoms with Crippen molar-refractivity contribution in [2.45, 2.75) is 45.1 Å². The number of aromatic nitrogens is 2. The molecule has 0 saturated carbocycles. The SMILES string of the molecule is CC[C@@H](C)N(CC(=O)N1CCN(c2ccc(-c3ccc(C)cc3)nn2)CC1)S(=O)(=O)c1ccc(C)cc1. The average molecular weight is 522 g/mol. The second kappa shape index (κ2) is 11.4. The molecule has 0 spiro atoms. The van der Waals surface area contributed by atoms with Crippen LogP contribution in [-0.4, -0.2) is 72.5 Å². The Morgan fingerprint density at radius 3 is 2.03 bits per heavy atom. The van der Waals surface area contributed by atoms with E-state index >= 15 is 0 Å². The number of benzene rings is 2. The molecule has 1 aromatic heterocycles. The highest BCUT2D eigenvalue weighted by Gasteiger charge is 2.32. The normalized spacial score (nSPS) is 15.2. The molecule has 4 rings (SSSR count). The third kappa shape index (κ3) is 6.17. The van der Waals surface area contributed by atoms with Crippen LogP contribution in [-0.2, 0) is 14.8 Å². The van der Waals surface area contributed by atoms with E-state index in [4.69, 9.17) is 0 Å². The number of amides is 1. The Kier molecular flexibility index (Phi) is 8.24. The molecule has 8 nitrogen and oxygen atoms in total. The average Bonchev–Trinajstić information content (AvgIpc) is 2.92. The molecule has 1 fully saturated rings. The number of aryl methyl sites for hydroxylation is 2. The molecule has 0 aliphatic carbocycles. The van der Waals surface area contributed by atoms with Crippen LogP contribution in [0.1, 0.15) is 31.4 Å². The van der Waals surface area contributed by atoms with Crippen LogP contribution < -0.4 is 4.90 Å². The van der Waals surface area contributed by atoms with Crippen LogP contribution in [0.4, 0.5) is 5.82 Å². The molecule has 0 radical (unpaired) electrons.